The molecule has 0 aromatic heterocycles. The number of halogens is 2. The first-order valence-electron chi connectivity index (χ1n) is 12.5. The van der Waals surface area contributed by atoms with Crippen molar-refractivity contribution in [2.24, 2.45) is 4.99 Å². The van der Waals surface area contributed by atoms with E-state index >= 15 is 0 Å². The smallest absolute Gasteiger partial charge is 0.191 e. The van der Waals surface area contributed by atoms with E-state index in [2.05, 4.69) is 37.4 Å². The lowest BCUT2D eigenvalue weighted by molar-refractivity contribution is 0.0173. The first-order valence-corrected chi connectivity index (χ1v) is 12.5. The Hall–Kier alpha value is -1.13. The second-order valence-corrected chi connectivity index (χ2v) is 9.89. The molecule has 3 fully saturated rings. The average Bonchev–Trinajstić information content (AvgIpc) is 2.84. The van der Waals surface area contributed by atoms with Gasteiger partial charge in [0.1, 0.15) is 5.82 Å². The van der Waals surface area contributed by atoms with Crippen LogP contribution in [-0.4, -0.2) is 87.2 Å². The number of guanidine groups is 1. The Morgan fingerprint density at radius 3 is 2.39 bits per heavy atom. The molecule has 4 rings (SSSR count). The monoisotopic (exact) mass is 572 g/mol. The van der Waals surface area contributed by atoms with Gasteiger partial charge in [-0.25, -0.2) is 4.39 Å². The molecule has 3 saturated heterocycles. The van der Waals surface area contributed by atoms with E-state index in [9.17, 15) is 4.39 Å². The van der Waals surface area contributed by atoms with Gasteiger partial charge in [-0.2, -0.15) is 0 Å². The van der Waals surface area contributed by atoms with Crippen LogP contribution in [0, 0.1) is 5.82 Å². The van der Waals surface area contributed by atoms with Gasteiger partial charge in [0.05, 0.1) is 0 Å². The average molecular weight is 573 g/mol. The van der Waals surface area contributed by atoms with Gasteiger partial charge in [0.25, 0.3) is 0 Å². The molecule has 0 aliphatic carbocycles. The molecule has 1 aromatic carbocycles. The summed E-state index contributed by atoms with van der Waals surface area (Å²) in [5.74, 6) is 0.758. The van der Waals surface area contributed by atoms with Crippen LogP contribution < -0.4 is 15.5 Å². The minimum absolute atomic E-state index is 0. The van der Waals surface area contributed by atoms with Crippen molar-refractivity contribution in [3.63, 3.8) is 0 Å². The Kier molecular flexibility index (Phi) is 10.1. The molecule has 0 bridgehead atoms. The van der Waals surface area contributed by atoms with Gasteiger partial charge in [-0.15, -0.1) is 24.0 Å². The summed E-state index contributed by atoms with van der Waals surface area (Å²) in [5.41, 5.74) is 1.22. The molecular weight excluding hydrogens is 530 g/mol. The van der Waals surface area contributed by atoms with Crippen LogP contribution in [0.3, 0.4) is 0 Å². The highest BCUT2D eigenvalue weighted by Gasteiger charge is 2.39. The molecule has 3 aliphatic heterocycles. The number of hydrogen-bond donors (Lipinski definition) is 2. The molecule has 2 N–H and O–H groups in total. The summed E-state index contributed by atoms with van der Waals surface area (Å²) >= 11 is 0. The standard InChI is InChI=1S/C25H41FN6.HI/c1-27-24(29-22-9-15-31(16-10-22)23-8-6-7-21(26)19-23)28-20-25(11-17-30(2)18-12-25)32-13-4-3-5-14-32;/h6-8,19,22H,3-5,9-18,20H2,1-2H3,(H2,27,28,29);1H. The van der Waals surface area contributed by atoms with E-state index in [1.807, 2.05) is 13.1 Å². The summed E-state index contributed by atoms with van der Waals surface area (Å²) in [7, 11) is 4.11. The summed E-state index contributed by atoms with van der Waals surface area (Å²) in [5, 5.41) is 7.37. The van der Waals surface area contributed by atoms with E-state index < -0.39 is 0 Å². The van der Waals surface area contributed by atoms with Crippen molar-refractivity contribution >= 4 is 35.6 Å². The zero-order chi connectivity index (χ0) is 22.4. The fourth-order valence-electron chi connectivity index (χ4n) is 5.60. The number of benzene rings is 1. The number of piperidine rings is 3. The predicted octanol–water partition coefficient (Wildman–Crippen LogP) is 3.53. The van der Waals surface area contributed by atoms with E-state index in [1.54, 1.807) is 12.1 Å². The van der Waals surface area contributed by atoms with Crippen LogP contribution in [0.2, 0.25) is 0 Å². The Morgan fingerprint density at radius 2 is 1.76 bits per heavy atom. The molecule has 3 heterocycles. The summed E-state index contributed by atoms with van der Waals surface area (Å²) < 4.78 is 13.6. The number of rotatable bonds is 5. The fraction of sp³-hybridized carbons (Fsp3) is 0.720. The predicted molar refractivity (Wildman–Crippen MR) is 146 cm³/mol. The molecule has 0 radical (unpaired) electrons. The second-order valence-electron chi connectivity index (χ2n) is 9.89. The van der Waals surface area contributed by atoms with Crippen molar-refractivity contribution in [1.29, 1.82) is 0 Å². The molecule has 1 aromatic rings. The number of nitrogens with one attached hydrogen (secondary N) is 2. The maximum Gasteiger partial charge on any atom is 0.191 e. The van der Waals surface area contributed by atoms with Crippen molar-refractivity contribution in [3.8, 4) is 0 Å². The molecule has 0 spiro atoms. The summed E-state index contributed by atoms with van der Waals surface area (Å²) in [6.07, 6.45) is 8.53. The zero-order valence-corrected chi connectivity index (χ0v) is 22.7. The quantitative estimate of drug-likeness (QED) is 0.321. The van der Waals surface area contributed by atoms with Crippen LogP contribution in [-0.2, 0) is 0 Å². The van der Waals surface area contributed by atoms with Gasteiger partial charge >= 0.3 is 0 Å². The van der Waals surface area contributed by atoms with Gasteiger partial charge in [0.15, 0.2) is 5.96 Å². The van der Waals surface area contributed by atoms with Crippen LogP contribution in [0.1, 0.15) is 44.9 Å². The van der Waals surface area contributed by atoms with Crippen molar-refractivity contribution in [3.05, 3.63) is 30.1 Å². The molecule has 186 valence electrons. The van der Waals surface area contributed by atoms with Gasteiger partial charge in [0.2, 0.25) is 0 Å². The van der Waals surface area contributed by atoms with Gasteiger partial charge < -0.3 is 20.4 Å². The molecule has 0 unspecified atom stereocenters. The minimum atomic E-state index is -0.163. The lowest BCUT2D eigenvalue weighted by atomic mass is 9.84. The van der Waals surface area contributed by atoms with Crippen LogP contribution in [0.15, 0.2) is 29.3 Å². The minimum Gasteiger partial charge on any atom is -0.371 e. The van der Waals surface area contributed by atoms with Crippen molar-refractivity contribution in [2.45, 2.75) is 56.5 Å². The van der Waals surface area contributed by atoms with Gasteiger partial charge in [0, 0.05) is 44.0 Å². The first kappa shape index (κ1) is 26.5. The fourth-order valence-corrected chi connectivity index (χ4v) is 5.60. The van der Waals surface area contributed by atoms with E-state index in [1.165, 1.54) is 64.3 Å². The molecule has 0 saturated carbocycles. The molecule has 3 aliphatic rings. The number of nitrogens with zero attached hydrogens (tertiary/aromatic N) is 4. The second kappa shape index (κ2) is 12.5. The highest BCUT2D eigenvalue weighted by atomic mass is 127. The molecule has 33 heavy (non-hydrogen) atoms. The summed E-state index contributed by atoms with van der Waals surface area (Å²) in [4.78, 5) is 12.1. The number of aliphatic imine (C=N–C) groups is 1. The third-order valence-corrected chi connectivity index (χ3v) is 7.76. The normalized spacial score (nSPS) is 23.1. The molecule has 8 heteroatoms. The number of hydrogen-bond acceptors (Lipinski definition) is 4. The Labute approximate surface area is 216 Å². The van der Waals surface area contributed by atoms with Crippen LogP contribution in [0.5, 0.6) is 0 Å². The Morgan fingerprint density at radius 1 is 1.06 bits per heavy atom. The number of likely N-dealkylation sites (tertiary alicyclic amines) is 2. The molecular formula is C25H42FIN6. The van der Waals surface area contributed by atoms with Gasteiger partial charge in [-0.05, 0) is 90.0 Å². The van der Waals surface area contributed by atoms with Crippen molar-refractivity contribution < 1.29 is 4.39 Å². The lowest BCUT2D eigenvalue weighted by Crippen LogP contribution is -2.62. The third kappa shape index (κ3) is 6.94. The molecule has 6 nitrogen and oxygen atoms in total. The van der Waals surface area contributed by atoms with E-state index in [0.29, 0.717) is 6.04 Å². The van der Waals surface area contributed by atoms with Gasteiger partial charge in [-0.3, -0.25) is 9.89 Å². The van der Waals surface area contributed by atoms with E-state index in [-0.39, 0.29) is 35.3 Å². The zero-order valence-electron chi connectivity index (χ0n) is 20.4. The first-order chi connectivity index (χ1) is 15.6. The van der Waals surface area contributed by atoms with Crippen LogP contribution >= 0.6 is 24.0 Å². The summed E-state index contributed by atoms with van der Waals surface area (Å²) in [6, 6.07) is 7.33. The Balaban J connectivity index is 0.00000306. The highest BCUT2D eigenvalue weighted by molar-refractivity contribution is 14.0. The van der Waals surface area contributed by atoms with Crippen molar-refractivity contribution in [2.75, 3.05) is 64.8 Å². The van der Waals surface area contributed by atoms with E-state index in [4.69, 9.17) is 0 Å². The highest BCUT2D eigenvalue weighted by Crippen LogP contribution is 2.31. The van der Waals surface area contributed by atoms with Crippen LogP contribution in [0.4, 0.5) is 10.1 Å². The summed E-state index contributed by atoms with van der Waals surface area (Å²) in [6.45, 7) is 7.63. The lowest BCUT2D eigenvalue weighted by Gasteiger charge is -2.50. The SMILES string of the molecule is CN=C(NCC1(N2CCCCC2)CCN(C)CC1)NC1CCN(c2cccc(F)c2)CC1.I. The topological polar surface area (TPSA) is 46.1 Å². The maximum absolute atomic E-state index is 13.6. The van der Waals surface area contributed by atoms with E-state index in [0.717, 1.165) is 44.1 Å². The molecule has 0 atom stereocenters. The van der Waals surface area contributed by atoms with Crippen molar-refractivity contribution in [1.82, 2.24) is 20.4 Å². The number of anilines is 1. The largest absolute Gasteiger partial charge is 0.371 e. The van der Waals surface area contributed by atoms with Crippen LogP contribution in [0.25, 0.3) is 0 Å². The van der Waals surface area contributed by atoms with Gasteiger partial charge in [-0.1, -0.05) is 12.5 Å². The Bertz CT molecular complexity index is 753. The maximum atomic E-state index is 13.6. The molecule has 0 amide bonds. The third-order valence-electron chi connectivity index (χ3n) is 7.76.